The summed E-state index contributed by atoms with van der Waals surface area (Å²) in [6, 6.07) is 11.8. The van der Waals surface area contributed by atoms with Crippen molar-refractivity contribution in [3.8, 4) is 11.3 Å². The predicted octanol–water partition coefficient (Wildman–Crippen LogP) is 2.91. The maximum Gasteiger partial charge on any atom is 0.280 e. The highest BCUT2D eigenvalue weighted by Gasteiger charge is 2.46. The molecule has 1 saturated heterocycles. The summed E-state index contributed by atoms with van der Waals surface area (Å²) >= 11 is 1.74. The molecule has 132 valence electrons. The van der Waals surface area contributed by atoms with Crippen molar-refractivity contribution in [1.82, 2.24) is 19.7 Å². The molecule has 2 aliphatic heterocycles. The number of fused-ring (bicyclic) bond motifs is 2. The van der Waals surface area contributed by atoms with Crippen LogP contribution >= 0.6 is 11.3 Å². The van der Waals surface area contributed by atoms with Crippen LogP contribution in [0.15, 0.2) is 52.0 Å². The number of hydrogen-bond acceptors (Lipinski definition) is 5. The van der Waals surface area contributed by atoms with E-state index in [1.807, 2.05) is 34.9 Å². The molecule has 1 spiro atoms. The van der Waals surface area contributed by atoms with Crippen LogP contribution in [0.2, 0.25) is 0 Å². The summed E-state index contributed by atoms with van der Waals surface area (Å²) in [5.41, 5.74) is 2.64. The van der Waals surface area contributed by atoms with Gasteiger partial charge in [0.05, 0.1) is 0 Å². The van der Waals surface area contributed by atoms with Gasteiger partial charge in [-0.25, -0.2) is 0 Å². The Bertz CT molecular complexity index is 983. The Hall–Kier alpha value is -2.31. The fraction of sp³-hybridized carbons (Fsp3) is 0.350. The second-order valence-corrected chi connectivity index (χ2v) is 8.10. The third-order valence-corrected chi connectivity index (χ3v) is 6.43. The first-order valence-corrected chi connectivity index (χ1v) is 9.96. The molecule has 1 fully saturated rings. The van der Waals surface area contributed by atoms with Crippen LogP contribution in [0.3, 0.4) is 0 Å². The minimum atomic E-state index is -0.0165. The van der Waals surface area contributed by atoms with Crippen molar-refractivity contribution >= 4 is 11.3 Å². The maximum atomic E-state index is 13.0. The van der Waals surface area contributed by atoms with Gasteiger partial charge in [0.15, 0.2) is 5.69 Å². The lowest BCUT2D eigenvalue weighted by Crippen LogP contribution is -2.33. The van der Waals surface area contributed by atoms with Gasteiger partial charge in [-0.1, -0.05) is 30.3 Å². The smallest absolute Gasteiger partial charge is 0.280 e. The van der Waals surface area contributed by atoms with E-state index in [1.165, 1.54) is 5.56 Å². The lowest BCUT2D eigenvalue weighted by atomic mass is 9.85. The van der Waals surface area contributed by atoms with Gasteiger partial charge >= 0.3 is 0 Å². The van der Waals surface area contributed by atoms with Crippen LogP contribution in [0.5, 0.6) is 0 Å². The second kappa shape index (κ2) is 6.14. The largest absolute Gasteiger partial charge is 0.298 e. The van der Waals surface area contributed by atoms with Crippen LogP contribution in [0.1, 0.15) is 24.2 Å². The number of rotatable bonds is 3. The van der Waals surface area contributed by atoms with Crippen LogP contribution in [-0.2, 0) is 18.5 Å². The Morgan fingerprint density at radius 1 is 1.08 bits per heavy atom. The fourth-order valence-corrected chi connectivity index (χ4v) is 5.01. The molecule has 0 radical (unpaired) electrons. The lowest BCUT2D eigenvalue weighted by Gasteiger charge is -2.22. The molecule has 5 rings (SSSR count). The highest BCUT2D eigenvalue weighted by Crippen LogP contribution is 2.41. The Morgan fingerprint density at radius 2 is 1.92 bits per heavy atom. The highest BCUT2D eigenvalue weighted by atomic mass is 32.1. The summed E-state index contributed by atoms with van der Waals surface area (Å²) in [5, 5.41) is 13.2. The standard InChI is InChI=1S/C20H20N4OS/c25-18-17(16-4-2-1-3-5-16)21-22-19-20(8-10-24(18)19)7-9-23(14-20)12-15-6-11-26-13-15/h1-6,11,13H,7-10,12,14H2/t20-/m0/s1. The molecule has 2 aromatic heterocycles. The Balaban J connectivity index is 1.46. The zero-order valence-electron chi connectivity index (χ0n) is 14.5. The van der Waals surface area contributed by atoms with E-state index in [0.717, 1.165) is 50.4 Å². The highest BCUT2D eigenvalue weighted by molar-refractivity contribution is 7.07. The van der Waals surface area contributed by atoms with Gasteiger partial charge in [0.2, 0.25) is 0 Å². The van der Waals surface area contributed by atoms with E-state index in [1.54, 1.807) is 11.3 Å². The molecule has 1 aromatic carbocycles. The van der Waals surface area contributed by atoms with Crippen LogP contribution < -0.4 is 5.56 Å². The van der Waals surface area contributed by atoms with Gasteiger partial charge in [0.25, 0.3) is 5.56 Å². The van der Waals surface area contributed by atoms with E-state index in [2.05, 4.69) is 31.9 Å². The van der Waals surface area contributed by atoms with Crippen LogP contribution in [0, 0.1) is 0 Å². The first kappa shape index (κ1) is 15.9. The van der Waals surface area contributed by atoms with E-state index >= 15 is 0 Å². The van der Waals surface area contributed by atoms with Gasteiger partial charge in [-0.2, -0.15) is 11.3 Å². The van der Waals surface area contributed by atoms with Crippen molar-refractivity contribution in [3.63, 3.8) is 0 Å². The maximum absolute atomic E-state index is 13.0. The summed E-state index contributed by atoms with van der Waals surface area (Å²) in [4.78, 5) is 15.5. The van der Waals surface area contributed by atoms with Crippen molar-refractivity contribution in [2.24, 2.45) is 0 Å². The molecule has 6 heteroatoms. The molecule has 4 heterocycles. The molecule has 0 bridgehead atoms. The first-order valence-electron chi connectivity index (χ1n) is 9.02. The zero-order chi connectivity index (χ0) is 17.6. The molecule has 1 atom stereocenters. The Labute approximate surface area is 155 Å². The summed E-state index contributed by atoms with van der Waals surface area (Å²) in [6.45, 7) is 3.73. The van der Waals surface area contributed by atoms with Crippen molar-refractivity contribution in [2.45, 2.75) is 31.3 Å². The van der Waals surface area contributed by atoms with Crippen molar-refractivity contribution in [3.05, 3.63) is 68.9 Å². The normalized spacial score (nSPS) is 22.2. The van der Waals surface area contributed by atoms with Crippen molar-refractivity contribution in [1.29, 1.82) is 0 Å². The lowest BCUT2D eigenvalue weighted by molar-refractivity contribution is 0.299. The minimum Gasteiger partial charge on any atom is -0.298 e. The third-order valence-electron chi connectivity index (χ3n) is 5.70. The number of nitrogens with zero attached hydrogens (tertiary/aromatic N) is 4. The van der Waals surface area contributed by atoms with E-state index in [4.69, 9.17) is 0 Å². The molecule has 3 aromatic rings. The predicted molar refractivity (Wildman–Crippen MR) is 102 cm³/mol. The van der Waals surface area contributed by atoms with E-state index in [9.17, 15) is 4.79 Å². The summed E-state index contributed by atoms with van der Waals surface area (Å²) < 4.78 is 1.86. The van der Waals surface area contributed by atoms with Gasteiger partial charge in [-0.3, -0.25) is 14.3 Å². The topological polar surface area (TPSA) is 51.0 Å². The second-order valence-electron chi connectivity index (χ2n) is 7.32. The summed E-state index contributed by atoms with van der Waals surface area (Å²) in [5.74, 6) is 0.884. The van der Waals surface area contributed by atoms with Crippen molar-refractivity contribution < 1.29 is 0 Å². The van der Waals surface area contributed by atoms with E-state index < -0.39 is 0 Å². The number of aromatic nitrogens is 3. The molecule has 0 amide bonds. The van der Waals surface area contributed by atoms with Crippen LogP contribution in [-0.4, -0.2) is 32.8 Å². The molecule has 26 heavy (non-hydrogen) atoms. The van der Waals surface area contributed by atoms with Gasteiger partial charge < -0.3 is 0 Å². The summed E-state index contributed by atoms with van der Waals surface area (Å²) in [6.07, 6.45) is 2.03. The molecule has 0 aliphatic carbocycles. The van der Waals surface area contributed by atoms with Gasteiger partial charge in [0.1, 0.15) is 5.82 Å². The number of hydrogen-bond donors (Lipinski definition) is 0. The zero-order valence-corrected chi connectivity index (χ0v) is 15.3. The SMILES string of the molecule is O=c1c(-c2ccccc2)nnc2n1CC[C@]21CCN(Cc2ccsc2)C1. The minimum absolute atomic E-state index is 0.00522. The Kier molecular flexibility index (Phi) is 3.76. The number of benzene rings is 1. The van der Waals surface area contributed by atoms with Gasteiger partial charge in [-0.15, -0.1) is 10.2 Å². The molecule has 0 unspecified atom stereocenters. The quantitative estimate of drug-likeness (QED) is 0.717. The molecule has 0 saturated carbocycles. The number of thiophene rings is 1. The Morgan fingerprint density at radius 3 is 2.73 bits per heavy atom. The average Bonchev–Trinajstić information content (AvgIpc) is 3.40. The molecular weight excluding hydrogens is 344 g/mol. The van der Waals surface area contributed by atoms with Gasteiger partial charge in [-0.05, 0) is 41.8 Å². The molecule has 2 aliphatic rings. The van der Waals surface area contributed by atoms with E-state index in [0.29, 0.717) is 5.69 Å². The average molecular weight is 364 g/mol. The van der Waals surface area contributed by atoms with E-state index in [-0.39, 0.29) is 11.0 Å². The molecular formula is C20H20N4OS. The fourth-order valence-electron chi connectivity index (χ4n) is 4.35. The van der Waals surface area contributed by atoms with Crippen LogP contribution in [0.4, 0.5) is 0 Å². The third kappa shape index (κ3) is 2.52. The summed E-state index contributed by atoms with van der Waals surface area (Å²) in [7, 11) is 0. The monoisotopic (exact) mass is 364 g/mol. The molecule has 0 N–H and O–H groups in total. The van der Waals surface area contributed by atoms with Crippen LogP contribution in [0.25, 0.3) is 11.3 Å². The molecule has 5 nitrogen and oxygen atoms in total. The number of likely N-dealkylation sites (tertiary alicyclic amines) is 1. The van der Waals surface area contributed by atoms with Crippen molar-refractivity contribution in [2.75, 3.05) is 13.1 Å². The van der Waals surface area contributed by atoms with Gasteiger partial charge in [0, 0.05) is 30.6 Å². The first-order chi connectivity index (χ1) is 12.8.